The summed E-state index contributed by atoms with van der Waals surface area (Å²) >= 11 is 0. The standard InChI is InChI=1S/C25H42O4/c1-19(2)21(12-14-24(4,5)18-26)28-16-10-8-9-11-17-29-22-13-15-25(6,7)23(27)20(22)3/h18H,8-17H2,1-7H3. The van der Waals surface area contributed by atoms with E-state index in [1.165, 1.54) is 5.57 Å². The van der Waals surface area contributed by atoms with E-state index in [0.717, 1.165) is 81.4 Å². The summed E-state index contributed by atoms with van der Waals surface area (Å²) in [7, 11) is 0. The Bertz CT molecular complexity index is 619. The number of Topliss-reactive ketones (excluding diaryl/α,β-unsaturated/α-hetero) is 1. The number of unbranched alkanes of at least 4 members (excludes halogenated alkanes) is 3. The van der Waals surface area contributed by atoms with Crippen molar-refractivity contribution in [1.29, 1.82) is 0 Å². The summed E-state index contributed by atoms with van der Waals surface area (Å²) in [6, 6.07) is 0. The number of aldehydes is 1. The van der Waals surface area contributed by atoms with Crippen molar-refractivity contribution < 1.29 is 19.1 Å². The SMILES string of the molecule is CC(C)=C(CCC(C)(C)C=O)OCCCCCCOC1=C(C)C(=O)C(C)(C)CC1. The van der Waals surface area contributed by atoms with Crippen molar-refractivity contribution in [3.8, 4) is 0 Å². The molecule has 0 amide bonds. The van der Waals surface area contributed by atoms with Gasteiger partial charge in [0, 0.05) is 29.2 Å². The highest BCUT2D eigenvalue weighted by Gasteiger charge is 2.34. The highest BCUT2D eigenvalue weighted by atomic mass is 16.5. The van der Waals surface area contributed by atoms with Crippen LogP contribution in [0.4, 0.5) is 0 Å². The molecule has 0 aliphatic heterocycles. The number of carbonyl (C=O) groups excluding carboxylic acids is 2. The molecule has 29 heavy (non-hydrogen) atoms. The van der Waals surface area contributed by atoms with Crippen LogP contribution in [0.3, 0.4) is 0 Å². The van der Waals surface area contributed by atoms with Crippen LogP contribution < -0.4 is 0 Å². The Hall–Kier alpha value is -1.58. The van der Waals surface area contributed by atoms with Crippen LogP contribution in [0.25, 0.3) is 0 Å². The predicted octanol–water partition coefficient (Wildman–Crippen LogP) is 6.54. The normalized spacial score (nSPS) is 16.6. The molecule has 1 rings (SSSR count). The Labute approximate surface area is 178 Å². The molecule has 0 aromatic carbocycles. The van der Waals surface area contributed by atoms with E-state index < -0.39 is 0 Å². The van der Waals surface area contributed by atoms with E-state index in [-0.39, 0.29) is 16.6 Å². The Morgan fingerprint density at radius 3 is 2.31 bits per heavy atom. The fourth-order valence-electron chi connectivity index (χ4n) is 3.45. The van der Waals surface area contributed by atoms with Gasteiger partial charge in [-0.3, -0.25) is 4.79 Å². The maximum atomic E-state index is 12.3. The van der Waals surface area contributed by atoms with E-state index in [4.69, 9.17) is 9.47 Å². The molecule has 0 heterocycles. The van der Waals surface area contributed by atoms with Gasteiger partial charge in [0.1, 0.15) is 12.0 Å². The molecule has 0 aromatic rings. The number of hydrogen-bond donors (Lipinski definition) is 0. The van der Waals surface area contributed by atoms with E-state index in [1.807, 2.05) is 34.6 Å². The molecule has 0 N–H and O–H groups in total. The Morgan fingerprint density at radius 2 is 1.72 bits per heavy atom. The minimum Gasteiger partial charge on any atom is -0.498 e. The molecule has 0 radical (unpaired) electrons. The molecule has 1 aliphatic carbocycles. The maximum absolute atomic E-state index is 12.3. The number of allylic oxidation sites excluding steroid dienone is 4. The van der Waals surface area contributed by atoms with Crippen LogP contribution in [0.5, 0.6) is 0 Å². The quantitative estimate of drug-likeness (QED) is 0.198. The van der Waals surface area contributed by atoms with Gasteiger partial charge in [0.25, 0.3) is 0 Å². The van der Waals surface area contributed by atoms with Crippen LogP contribution in [0.15, 0.2) is 22.7 Å². The second-order valence-corrected chi connectivity index (χ2v) is 9.90. The van der Waals surface area contributed by atoms with Crippen molar-refractivity contribution >= 4 is 12.1 Å². The summed E-state index contributed by atoms with van der Waals surface area (Å²) in [4.78, 5) is 23.4. The van der Waals surface area contributed by atoms with Crippen molar-refractivity contribution in [2.75, 3.05) is 13.2 Å². The van der Waals surface area contributed by atoms with E-state index in [1.54, 1.807) is 0 Å². The first kappa shape index (κ1) is 25.5. The minimum atomic E-state index is -0.295. The van der Waals surface area contributed by atoms with Gasteiger partial charge < -0.3 is 14.3 Å². The second-order valence-electron chi connectivity index (χ2n) is 9.90. The summed E-state index contributed by atoms with van der Waals surface area (Å²) in [6.45, 7) is 15.4. The Balaban J connectivity index is 2.21. The van der Waals surface area contributed by atoms with Gasteiger partial charge in [0.15, 0.2) is 5.78 Å². The second kappa shape index (κ2) is 11.6. The van der Waals surface area contributed by atoms with Gasteiger partial charge in [-0.1, -0.05) is 27.7 Å². The average molecular weight is 407 g/mol. The lowest BCUT2D eigenvalue weighted by Crippen LogP contribution is -2.30. The van der Waals surface area contributed by atoms with Gasteiger partial charge in [-0.05, 0) is 64.9 Å². The van der Waals surface area contributed by atoms with Crippen LogP contribution >= 0.6 is 0 Å². The summed E-state index contributed by atoms with van der Waals surface area (Å²) in [5, 5.41) is 0. The molecule has 0 spiro atoms. The van der Waals surface area contributed by atoms with Gasteiger partial charge in [0.2, 0.25) is 0 Å². The molecule has 0 fully saturated rings. The third kappa shape index (κ3) is 8.76. The van der Waals surface area contributed by atoms with Crippen molar-refractivity contribution in [3.63, 3.8) is 0 Å². The number of hydrogen-bond acceptors (Lipinski definition) is 4. The molecular formula is C25H42O4. The summed E-state index contributed by atoms with van der Waals surface area (Å²) in [5.74, 6) is 2.14. The first-order valence-electron chi connectivity index (χ1n) is 11.1. The van der Waals surface area contributed by atoms with Crippen LogP contribution in [0, 0.1) is 10.8 Å². The molecule has 0 atom stereocenters. The topological polar surface area (TPSA) is 52.6 Å². The van der Waals surface area contributed by atoms with E-state index in [2.05, 4.69) is 13.8 Å². The summed E-state index contributed by atoms with van der Waals surface area (Å²) in [6.07, 6.45) is 8.59. The lowest BCUT2D eigenvalue weighted by molar-refractivity contribution is -0.124. The summed E-state index contributed by atoms with van der Waals surface area (Å²) in [5.41, 5.74) is 1.45. The van der Waals surface area contributed by atoms with Crippen LogP contribution in [-0.2, 0) is 19.1 Å². The average Bonchev–Trinajstić information content (AvgIpc) is 2.65. The minimum absolute atomic E-state index is 0.225. The zero-order valence-corrected chi connectivity index (χ0v) is 19.8. The Kier molecular flexibility index (Phi) is 10.2. The van der Waals surface area contributed by atoms with Crippen LogP contribution in [-0.4, -0.2) is 25.3 Å². The molecule has 4 heteroatoms. The Morgan fingerprint density at radius 1 is 1.10 bits per heavy atom. The van der Waals surface area contributed by atoms with E-state index >= 15 is 0 Å². The maximum Gasteiger partial charge on any atom is 0.167 e. The highest BCUT2D eigenvalue weighted by Crippen LogP contribution is 2.35. The van der Waals surface area contributed by atoms with Gasteiger partial charge in [-0.25, -0.2) is 0 Å². The fraction of sp³-hybridized carbons (Fsp3) is 0.760. The molecular weight excluding hydrogens is 364 g/mol. The molecule has 0 saturated carbocycles. The monoisotopic (exact) mass is 406 g/mol. The summed E-state index contributed by atoms with van der Waals surface area (Å²) < 4.78 is 11.9. The fourth-order valence-corrected chi connectivity index (χ4v) is 3.45. The zero-order valence-electron chi connectivity index (χ0n) is 19.8. The molecule has 0 unspecified atom stereocenters. The predicted molar refractivity (Wildman–Crippen MR) is 119 cm³/mol. The third-order valence-electron chi connectivity index (χ3n) is 5.81. The smallest absolute Gasteiger partial charge is 0.167 e. The van der Waals surface area contributed by atoms with Crippen molar-refractivity contribution in [2.45, 2.75) is 99.8 Å². The third-order valence-corrected chi connectivity index (χ3v) is 5.81. The number of rotatable bonds is 13. The molecule has 1 aliphatic rings. The molecule has 0 saturated heterocycles. The highest BCUT2D eigenvalue weighted by molar-refractivity contribution is 6.00. The van der Waals surface area contributed by atoms with Crippen molar-refractivity contribution in [3.05, 3.63) is 22.7 Å². The molecule has 166 valence electrons. The van der Waals surface area contributed by atoms with Crippen molar-refractivity contribution in [1.82, 2.24) is 0 Å². The lowest BCUT2D eigenvalue weighted by atomic mass is 9.76. The molecule has 0 bridgehead atoms. The van der Waals surface area contributed by atoms with Gasteiger partial charge in [-0.2, -0.15) is 0 Å². The zero-order chi connectivity index (χ0) is 22.1. The van der Waals surface area contributed by atoms with Crippen LogP contribution in [0.1, 0.15) is 99.8 Å². The molecule has 4 nitrogen and oxygen atoms in total. The number of carbonyl (C=O) groups is 2. The van der Waals surface area contributed by atoms with Gasteiger partial charge in [0.05, 0.1) is 19.0 Å². The van der Waals surface area contributed by atoms with Gasteiger partial charge >= 0.3 is 0 Å². The van der Waals surface area contributed by atoms with Crippen LogP contribution in [0.2, 0.25) is 0 Å². The number of ketones is 1. The largest absolute Gasteiger partial charge is 0.498 e. The first-order chi connectivity index (χ1) is 13.5. The van der Waals surface area contributed by atoms with Gasteiger partial charge in [-0.15, -0.1) is 0 Å². The van der Waals surface area contributed by atoms with E-state index in [9.17, 15) is 9.59 Å². The molecule has 0 aromatic heterocycles. The van der Waals surface area contributed by atoms with E-state index in [0.29, 0.717) is 6.61 Å². The number of ether oxygens (including phenoxy) is 2. The first-order valence-corrected chi connectivity index (χ1v) is 11.1. The van der Waals surface area contributed by atoms with Crippen molar-refractivity contribution in [2.24, 2.45) is 10.8 Å². The lowest BCUT2D eigenvalue weighted by Gasteiger charge is -2.30.